The molecule has 0 radical (unpaired) electrons. The van der Waals surface area contributed by atoms with Crippen molar-refractivity contribution in [2.24, 2.45) is 0 Å². The van der Waals surface area contributed by atoms with Crippen molar-refractivity contribution in [2.45, 2.75) is 45.4 Å². The molecule has 0 spiro atoms. The van der Waals surface area contributed by atoms with Gasteiger partial charge >= 0.3 is 6.09 Å². The number of rotatable bonds is 3. The number of carbonyl (C=O) groups excluding carboxylic acids is 1. The van der Waals surface area contributed by atoms with Crippen LogP contribution < -0.4 is 5.32 Å². The molecule has 7 heteroatoms. The Balaban J connectivity index is 1.85. The van der Waals surface area contributed by atoms with E-state index in [-0.39, 0.29) is 18.7 Å². The van der Waals surface area contributed by atoms with Crippen LogP contribution in [0.2, 0.25) is 0 Å². The zero-order valence-electron chi connectivity index (χ0n) is 13.5. The van der Waals surface area contributed by atoms with Crippen LogP contribution in [0.15, 0.2) is 12.1 Å². The van der Waals surface area contributed by atoms with Crippen LogP contribution in [0.4, 0.5) is 13.6 Å². The summed E-state index contributed by atoms with van der Waals surface area (Å²) < 4.78 is 31.9. The summed E-state index contributed by atoms with van der Waals surface area (Å²) in [4.78, 5) is 13.6. The van der Waals surface area contributed by atoms with Crippen molar-refractivity contribution in [3.05, 3.63) is 29.3 Å². The maximum atomic E-state index is 13.3. The minimum absolute atomic E-state index is 0.0300. The third-order valence-corrected chi connectivity index (χ3v) is 3.51. The van der Waals surface area contributed by atoms with Crippen LogP contribution in [0.5, 0.6) is 5.75 Å². The molecule has 1 aliphatic heterocycles. The lowest BCUT2D eigenvalue weighted by Crippen LogP contribution is -2.38. The van der Waals surface area contributed by atoms with Crippen LogP contribution in [-0.2, 0) is 11.3 Å². The second kappa shape index (κ2) is 6.70. The molecule has 1 aromatic carbocycles. The fourth-order valence-electron chi connectivity index (χ4n) is 2.40. The van der Waals surface area contributed by atoms with Gasteiger partial charge in [-0.15, -0.1) is 0 Å². The predicted octanol–water partition coefficient (Wildman–Crippen LogP) is 2.77. The molecule has 1 aliphatic rings. The first-order valence-electron chi connectivity index (χ1n) is 7.54. The fraction of sp³-hybridized carbons (Fsp3) is 0.562. The Labute approximate surface area is 134 Å². The molecule has 23 heavy (non-hydrogen) atoms. The number of carbonyl (C=O) groups is 1. The van der Waals surface area contributed by atoms with Gasteiger partial charge in [0.05, 0.1) is 0 Å². The molecule has 1 amide bonds. The lowest BCUT2D eigenvalue weighted by atomic mass is 10.1. The van der Waals surface area contributed by atoms with Crippen molar-refractivity contribution in [3.63, 3.8) is 0 Å². The van der Waals surface area contributed by atoms with Gasteiger partial charge in [-0.25, -0.2) is 13.6 Å². The molecule has 1 atom stereocenters. The normalized spacial score (nSPS) is 18.3. The highest BCUT2D eigenvalue weighted by Gasteiger charge is 2.29. The number of phenols is 1. The molecule has 1 fully saturated rings. The van der Waals surface area contributed by atoms with Crippen molar-refractivity contribution in [1.29, 1.82) is 0 Å². The van der Waals surface area contributed by atoms with E-state index in [1.807, 2.05) is 20.8 Å². The van der Waals surface area contributed by atoms with Crippen molar-refractivity contribution in [3.8, 4) is 5.75 Å². The van der Waals surface area contributed by atoms with E-state index in [0.29, 0.717) is 18.7 Å². The third-order valence-electron chi connectivity index (χ3n) is 3.51. The molecule has 1 heterocycles. The number of likely N-dealkylation sites (tertiary alicyclic amines) is 1. The van der Waals surface area contributed by atoms with Crippen molar-refractivity contribution >= 4 is 6.09 Å². The number of nitrogens with one attached hydrogen (secondary N) is 1. The number of ether oxygens (including phenoxy) is 1. The van der Waals surface area contributed by atoms with Gasteiger partial charge < -0.3 is 20.1 Å². The van der Waals surface area contributed by atoms with Gasteiger partial charge in [0, 0.05) is 25.7 Å². The molecule has 1 aromatic rings. The summed E-state index contributed by atoms with van der Waals surface area (Å²) in [6.07, 6.45) is 0.381. The highest BCUT2D eigenvalue weighted by atomic mass is 19.1. The van der Waals surface area contributed by atoms with Gasteiger partial charge in [0.25, 0.3) is 0 Å². The average Bonchev–Trinajstić information content (AvgIpc) is 2.89. The summed E-state index contributed by atoms with van der Waals surface area (Å²) in [5, 5.41) is 12.2. The largest absolute Gasteiger partial charge is 0.503 e. The van der Waals surface area contributed by atoms with Gasteiger partial charge in [0.2, 0.25) is 0 Å². The summed E-state index contributed by atoms with van der Waals surface area (Å²) in [7, 11) is 0. The molecule has 0 saturated carbocycles. The maximum Gasteiger partial charge on any atom is 0.410 e. The highest BCUT2D eigenvalue weighted by molar-refractivity contribution is 5.68. The second-order valence-corrected chi connectivity index (χ2v) is 6.70. The first kappa shape index (κ1) is 17.5. The molecule has 1 unspecified atom stereocenters. The number of phenolic OH excluding ortho intramolecular Hbond substituents is 1. The third kappa shape index (κ3) is 4.79. The van der Waals surface area contributed by atoms with Crippen LogP contribution >= 0.6 is 0 Å². The van der Waals surface area contributed by atoms with Gasteiger partial charge in [0.15, 0.2) is 17.4 Å². The van der Waals surface area contributed by atoms with Crippen LogP contribution in [0.3, 0.4) is 0 Å². The van der Waals surface area contributed by atoms with Gasteiger partial charge in [-0.2, -0.15) is 0 Å². The summed E-state index contributed by atoms with van der Waals surface area (Å²) in [5.74, 6) is -2.93. The van der Waals surface area contributed by atoms with Gasteiger partial charge in [-0.3, -0.25) is 0 Å². The molecule has 2 rings (SSSR count). The van der Waals surface area contributed by atoms with Crippen LogP contribution in [-0.4, -0.2) is 40.8 Å². The van der Waals surface area contributed by atoms with E-state index in [9.17, 15) is 13.6 Å². The molecule has 2 N–H and O–H groups in total. The minimum Gasteiger partial charge on any atom is -0.503 e. The van der Waals surface area contributed by atoms with Crippen molar-refractivity contribution in [2.75, 3.05) is 13.1 Å². The zero-order valence-corrected chi connectivity index (χ0v) is 13.5. The SMILES string of the molecule is CC(C)(C)OC(=O)N1CCC(NCc2cc(F)c(O)c(F)c2)C1. The van der Waals surface area contributed by atoms with E-state index < -0.39 is 23.0 Å². The molecular formula is C16H22F2N2O3. The first-order valence-corrected chi connectivity index (χ1v) is 7.54. The molecule has 0 bridgehead atoms. The summed E-state index contributed by atoms with van der Waals surface area (Å²) in [6, 6.07) is 2.21. The molecule has 0 aromatic heterocycles. The maximum absolute atomic E-state index is 13.3. The molecule has 5 nitrogen and oxygen atoms in total. The number of aromatic hydroxyl groups is 1. The molecule has 1 saturated heterocycles. The minimum atomic E-state index is -0.983. The Morgan fingerprint density at radius 3 is 2.57 bits per heavy atom. The summed E-state index contributed by atoms with van der Waals surface area (Å²) in [5.41, 5.74) is -0.141. The quantitative estimate of drug-likeness (QED) is 0.896. The Morgan fingerprint density at radius 1 is 1.39 bits per heavy atom. The van der Waals surface area contributed by atoms with Gasteiger partial charge in [-0.05, 0) is 44.9 Å². The number of amides is 1. The second-order valence-electron chi connectivity index (χ2n) is 6.70. The molecule has 128 valence electrons. The predicted molar refractivity (Wildman–Crippen MR) is 81.1 cm³/mol. The van der Waals surface area contributed by atoms with E-state index >= 15 is 0 Å². The summed E-state index contributed by atoms with van der Waals surface area (Å²) in [6.45, 7) is 6.74. The lowest BCUT2D eigenvalue weighted by molar-refractivity contribution is 0.0291. The standard InChI is InChI=1S/C16H22F2N2O3/c1-16(2,3)23-15(22)20-5-4-11(9-20)19-8-10-6-12(17)14(21)13(18)7-10/h6-7,11,19,21H,4-5,8-9H2,1-3H3. The Morgan fingerprint density at radius 2 is 2.00 bits per heavy atom. The van der Waals surface area contributed by atoms with E-state index in [1.54, 1.807) is 4.90 Å². The van der Waals surface area contributed by atoms with Crippen LogP contribution in [0, 0.1) is 11.6 Å². The number of hydrogen-bond donors (Lipinski definition) is 2. The number of nitrogens with zero attached hydrogens (tertiary/aromatic N) is 1. The van der Waals surface area contributed by atoms with Crippen molar-refractivity contribution < 1.29 is 23.4 Å². The smallest absolute Gasteiger partial charge is 0.410 e. The summed E-state index contributed by atoms with van der Waals surface area (Å²) >= 11 is 0. The number of halogens is 2. The topological polar surface area (TPSA) is 61.8 Å². The highest BCUT2D eigenvalue weighted by Crippen LogP contribution is 2.22. The van der Waals surface area contributed by atoms with E-state index in [2.05, 4.69) is 5.32 Å². The number of hydrogen-bond acceptors (Lipinski definition) is 4. The fourth-order valence-corrected chi connectivity index (χ4v) is 2.40. The van der Waals surface area contributed by atoms with Gasteiger partial charge in [0.1, 0.15) is 5.60 Å². The van der Waals surface area contributed by atoms with Crippen LogP contribution in [0.25, 0.3) is 0 Å². The zero-order chi connectivity index (χ0) is 17.2. The van der Waals surface area contributed by atoms with Gasteiger partial charge in [-0.1, -0.05) is 0 Å². The van der Waals surface area contributed by atoms with E-state index in [0.717, 1.165) is 18.6 Å². The first-order chi connectivity index (χ1) is 10.7. The van der Waals surface area contributed by atoms with Crippen molar-refractivity contribution in [1.82, 2.24) is 10.2 Å². The molecular weight excluding hydrogens is 306 g/mol. The monoisotopic (exact) mass is 328 g/mol. The Kier molecular flexibility index (Phi) is 5.09. The average molecular weight is 328 g/mol. The number of benzene rings is 1. The van der Waals surface area contributed by atoms with Crippen LogP contribution in [0.1, 0.15) is 32.8 Å². The van der Waals surface area contributed by atoms with E-state index in [4.69, 9.17) is 9.84 Å². The lowest BCUT2D eigenvalue weighted by Gasteiger charge is -2.24. The Hall–Kier alpha value is -1.89. The molecule has 0 aliphatic carbocycles. The Bertz CT molecular complexity index is 564. The van der Waals surface area contributed by atoms with E-state index in [1.165, 1.54) is 0 Å².